The molecule has 0 radical (unpaired) electrons. The number of rotatable bonds is 7. The van der Waals surface area contributed by atoms with Crippen molar-refractivity contribution in [1.82, 2.24) is 0 Å². The monoisotopic (exact) mass is 238 g/mol. The van der Waals surface area contributed by atoms with Gasteiger partial charge in [-0.1, -0.05) is 55.5 Å². The van der Waals surface area contributed by atoms with Crippen molar-refractivity contribution in [3.8, 4) is 0 Å². The van der Waals surface area contributed by atoms with E-state index in [0.29, 0.717) is 0 Å². The summed E-state index contributed by atoms with van der Waals surface area (Å²) in [6, 6.07) is 0. The van der Waals surface area contributed by atoms with Crippen molar-refractivity contribution in [2.75, 3.05) is 0 Å². The molecular formula is C10H20BrF. The van der Waals surface area contributed by atoms with Gasteiger partial charge in [0.25, 0.3) is 0 Å². The summed E-state index contributed by atoms with van der Waals surface area (Å²) in [6.45, 7) is 4.24. The minimum Gasteiger partial charge on any atom is -0.246 e. The number of unbranched alkanes of at least 4 members (excludes halogenated alkanes) is 2. The Morgan fingerprint density at radius 2 is 1.58 bits per heavy atom. The van der Waals surface area contributed by atoms with Gasteiger partial charge in [-0.05, 0) is 12.8 Å². The highest BCUT2D eigenvalue weighted by Crippen LogP contribution is 2.20. The Labute approximate surface area is 84.1 Å². The largest absolute Gasteiger partial charge is 0.246 e. The number of hydrogen-bond acceptors (Lipinski definition) is 0. The van der Waals surface area contributed by atoms with Gasteiger partial charge in [-0.15, -0.1) is 0 Å². The van der Waals surface area contributed by atoms with Crippen LogP contribution in [-0.2, 0) is 0 Å². The lowest BCUT2D eigenvalue weighted by atomic mass is 10.1. The van der Waals surface area contributed by atoms with E-state index in [2.05, 4.69) is 29.8 Å². The summed E-state index contributed by atoms with van der Waals surface area (Å²) in [6.07, 6.45) is 5.43. The molecule has 0 N–H and O–H groups in total. The highest BCUT2D eigenvalue weighted by molar-refractivity contribution is 9.09. The molecule has 0 heterocycles. The second-order valence-corrected chi connectivity index (χ2v) is 4.49. The predicted molar refractivity (Wildman–Crippen MR) is 56.7 cm³/mol. The maximum atomic E-state index is 13.3. The van der Waals surface area contributed by atoms with Crippen molar-refractivity contribution in [3.63, 3.8) is 0 Å². The standard InChI is InChI=1S/C10H20BrF/c1-3-5-7-9(11)10(12)8-6-4-2/h9-10H,3-8H2,1-2H3/t9-,10+/m0/s1. The highest BCUT2D eigenvalue weighted by Gasteiger charge is 2.16. The van der Waals surface area contributed by atoms with Crippen LogP contribution in [-0.4, -0.2) is 11.0 Å². The molecular weight excluding hydrogens is 219 g/mol. The van der Waals surface area contributed by atoms with Gasteiger partial charge < -0.3 is 0 Å². The molecule has 0 amide bonds. The molecule has 0 aromatic rings. The van der Waals surface area contributed by atoms with Gasteiger partial charge in [0.2, 0.25) is 0 Å². The van der Waals surface area contributed by atoms with Gasteiger partial charge in [0.15, 0.2) is 0 Å². The van der Waals surface area contributed by atoms with Gasteiger partial charge in [0, 0.05) is 4.83 Å². The summed E-state index contributed by atoms with van der Waals surface area (Å²) >= 11 is 3.40. The average molecular weight is 239 g/mol. The fraction of sp³-hybridized carbons (Fsp3) is 1.00. The van der Waals surface area contributed by atoms with E-state index in [1.54, 1.807) is 0 Å². The molecule has 0 aromatic carbocycles. The van der Waals surface area contributed by atoms with E-state index in [0.717, 1.165) is 38.5 Å². The quantitative estimate of drug-likeness (QED) is 0.575. The first kappa shape index (κ1) is 12.4. The fourth-order valence-electron chi connectivity index (χ4n) is 1.16. The zero-order valence-corrected chi connectivity index (χ0v) is 9.74. The molecule has 0 aromatic heterocycles. The van der Waals surface area contributed by atoms with Crippen molar-refractivity contribution in [1.29, 1.82) is 0 Å². The molecule has 74 valence electrons. The van der Waals surface area contributed by atoms with E-state index >= 15 is 0 Å². The van der Waals surface area contributed by atoms with Crippen molar-refractivity contribution in [3.05, 3.63) is 0 Å². The Balaban J connectivity index is 3.39. The first-order chi connectivity index (χ1) is 5.72. The van der Waals surface area contributed by atoms with E-state index in [1.165, 1.54) is 0 Å². The molecule has 0 unspecified atom stereocenters. The van der Waals surface area contributed by atoms with E-state index in [-0.39, 0.29) is 4.83 Å². The van der Waals surface area contributed by atoms with Gasteiger partial charge in [-0.2, -0.15) is 0 Å². The summed E-state index contributed by atoms with van der Waals surface area (Å²) in [5.74, 6) is 0. The minimum atomic E-state index is -0.642. The third-order valence-electron chi connectivity index (χ3n) is 2.06. The van der Waals surface area contributed by atoms with Crippen LogP contribution in [0.3, 0.4) is 0 Å². The summed E-state index contributed by atoms with van der Waals surface area (Å²) in [5, 5.41) is 0. The summed E-state index contributed by atoms with van der Waals surface area (Å²) < 4.78 is 13.3. The second kappa shape index (κ2) is 8.03. The maximum Gasteiger partial charge on any atom is 0.113 e. The van der Waals surface area contributed by atoms with E-state index < -0.39 is 6.17 Å². The molecule has 12 heavy (non-hydrogen) atoms. The minimum absolute atomic E-state index is 0.0870. The predicted octanol–water partition coefficient (Wildman–Crippen LogP) is 4.47. The SMILES string of the molecule is CCCC[C@@H](F)[C@@H](Br)CCCC. The third-order valence-corrected chi connectivity index (χ3v) is 3.09. The Hall–Kier alpha value is 0.410. The Bertz CT molecular complexity index is 83.8. The normalized spacial score (nSPS) is 16.0. The Kier molecular flexibility index (Phi) is 8.30. The lowest BCUT2D eigenvalue weighted by molar-refractivity contribution is 0.293. The molecule has 2 atom stereocenters. The summed E-state index contributed by atoms with van der Waals surface area (Å²) in [7, 11) is 0. The van der Waals surface area contributed by atoms with Crippen LogP contribution >= 0.6 is 15.9 Å². The molecule has 0 aliphatic carbocycles. The second-order valence-electron chi connectivity index (χ2n) is 3.32. The molecule has 0 nitrogen and oxygen atoms in total. The van der Waals surface area contributed by atoms with Gasteiger partial charge >= 0.3 is 0 Å². The maximum absolute atomic E-state index is 13.3. The fourth-order valence-corrected chi connectivity index (χ4v) is 1.75. The summed E-state index contributed by atoms with van der Waals surface area (Å²) in [4.78, 5) is 0.0870. The van der Waals surface area contributed by atoms with Crippen LogP contribution in [0.25, 0.3) is 0 Å². The van der Waals surface area contributed by atoms with Gasteiger partial charge in [-0.3, -0.25) is 0 Å². The molecule has 2 heteroatoms. The Morgan fingerprint density at radius 1 is 1.08 bits per heavy atom. The first-order valence-corrected chi connectivity index (χ1v) is 5.92. The van der Waals surface area contributed by atoms with Gasteiger partial charge in [0.05, 0.1) is 0 Å². The van der Waals surface area contributed by atoms with Crippen molar-refractivity contribution in [2.24, 2.45) is 0 Å². The van der Waals surface area contributed by atoms with Crippen LogP contribution in [0.4, 0.5) is 4.39 Å². The topological polar surface area (TPSA) is 0 Å². The zero-order valence-electron chi connectivity index (χ0n) is 8.15. The zero-order chi connectivity index (χ0) is 9.40. The van der Waals surface area contributed by atoms with E-state index in [4.69, 9.17) is 0 Å². The molecule has 0 spiro atoms. The average Bonchev–Trinajstić information content (AvgIpc) is 2.10. The molecule has 0 aliphatic rings. The molecule has 0 bridgehead atoms. The third kappa shape index (κ3) is 5.99. The smallest absolute Gasteiger partial charge is 0.113 e. The first-order valence-electron chi connectivity index (χ1n) is 5.00. The molecule has 0 saturated carbocycles. The van der Waals surface area contributed by atoms with Crippen LogP contribution in [0, 0.1) is 0 Å². The summed E-state index contributed by atoms with van der Waals surface area (Å²) in [5.41, 5.74) is 0. The van der Waals surface area contributed by atoms with Crippen molar-refractivity contribution >= 4 is 15.9 Å². The van der Waals surface area contributed by atoms with Crippen LogP contribution in [0.1, 0.15) is 52.4 Å². The Morgan fingerprint density at radius 3 is 2.08 bits per heavy atom. The van der Waals surface area contributed by atoms with Crippen LogP contribution in [0.15, 0.2) is 0 Å². The molecule has 0 fully saturated rings. The molecule has 0 rings (SSSR count). The van der Waals surface area contributed by atoms with Crippen LogP contribution in [0.2, 0.25) is 0 Å². The number of alkyl halides is 2. The number of hydrogen-bond donors (Lipinski definition) is 0. The van der Waals surface area contributed by atoms with Crippen molar-refractivity contribution < 1.29 is 4.39 Å². The van der Waals surface area contributed by atoms with Gasteiger partial charge in [0.1, 0.15) is 6.17 Å². The van der Waals surface area contributed by atoms with Crippen LogP contribution < -0.4 is 0 Å². The van der Waals surface area contributed by atoms with E-state index in [9.17, 15) is 4.39 Å². The lowest BCUT2D eigenvalue weighted by Crippen LogP contribution is -2.15. The molecule has 0 aliphatic heterocycles. The van der Waals surface area contributed by atoms with E-state index in [1.807, 2.05) is 0 Å². The number of halogens is 2. The van der Waals surface area contributed by atoms with Crippen molar-refractivity contribution in [2.45, 2.75) is 63.4 Å². The van der Waals surface area contributed by atoms with Crippen LogP contribution in [0.5, 0.6) is 0 Å². The van der Waals surface area contributed by atoms with Gasteiger partial charge in [-0.25, -0.2) is 4.39 Å². The molecule has 0 saturated heterocycles. The lowest BCUT2D eigenvalue weighted by Gasteiger charge is -2.13. The highest BCUT2D eigenvalue weighted by atomic mass is 79.9.